The van der Waals surface area contributed by atoms with Crippen LogP contribution in [0.4, 0.5) is 0 Å². The molecule has 2 rings (SSSR count). The quantitative estimate of drug-likeness (QED) is 0.916. The fourth-order valence-corrected chi connectivity index (χ4v) is 2.64. The number of ether oxygens (including phenoxy) is 1. The predicted octanol–water partition coefficient (Wildman–Crippen LogP) is 2.84. The van der Waals surface area contributed by atoms with Crippen LogP contribution in [0.1, 0.15) is 24.8 Å². The molecule has 0 bridgehead atoms. The molecule has 0 heterocycles. The van der Waals surface area contributed by atoms with Crippen LogP contribution in [0.25, 0.3) is 0 Å². The Bertz CT molecular complexity index is 355. The lowest BCUT2D eigenvalue weighted by molar-refractivity contribution is 0.243. The Labute approximate surface area is 98.9 Å². The summed E-state index contributed by atoms with van der Waals surface area (Å²) in [6.07, 6.45) is 3.62. The fourth-order valence-electron chi connectivity index (χ4n) is 2.28. The standard InChI is InChI=1S/C12H16BrNO/c1-15-11-4-3-9(13)7-10(11)12(8-14)5-2-6-12/h3-4,7H,2,5-6,8,14H2,1H3. The highest BCUT2D eigenvalue weighted by atomic mass is 79.9. The molecule has 0 saturated heterocycles. The molecule has 2 N–H and O–H groups in total. The second-order valence-corrected chi connectivity index (χ2v) is 5.10. The number of halogens is 1. The van der Waals surface area contributed by atoms with Crippen molar-refractivity contribution in [3.63, 3.8) is 0 Å². The fraction of sp³-hybridized carbons (Fsp3) is 0.500. The van der Waals surface area contributed by atoms with E-state index < -0.39 is 0 Å². The largest absolute Gasteiger partial charge is 0.496 e. The van der Waals surface area contributed by atoms with Gasteiger partial charge in [-0.3, -0.25) is 0 Å². The van der Waals surface area contributed by atoms with Gasteiger partial charge in [0.25, 0.3) is 0 Å². The molecule has 0 unspecified atom stereocenters. The number of nitrogens with two attached hydrogens (primary N) is 1. The summed E-state index contributed by atoms with van der Waals surface area (Å²) in [6.45, 7) is 0.708. The summed E-state index contributed by atoms with van der Waals surface area (Å²) in [4.78, 5) is 0. The average Bonchev–Trinajstić information content (AvgIpc) is 2.17. The van der Waals surface area contributed by atoms with Crippen molar-refractivity contribution in [2.24, 2.45) is 5.73 Å². The van der Waals surface area contributed by atoms with Gasteiger partial charge in [0.05, 0.1) is 7.11 Å². The van der Waals surface area contributed by atoms with E-state index >= 15 is 0 Å². The first-order valence-electron chi connectivity index (χ1n) is 5.26. The van der Waals surface area contributed by atoms with Crippen molar-refractivity contribution >= 4 is 15.9 Å². The van der Waals surface area contributed by atoms with E-state index in [1.165, 1.54) is 24.8 Å². The van der Waals surface area contributed by atoms with Crippen LogP contribution in [0.3, 0.4) is 0 Å². The zero-order valence-corrected chi connectivity index (χ0v) is 10.5. The first kappa shape index (κ1) is 11.0. The van der Waals surface area contributed by atoms with Gasteiger partial charge in [-0.05, 0) is 31.0 Å². The van der Waals surface area contributed by atoms with Crippen molar-refractivity contribution in [3.05, 3.63) is 28.2 Å². The Morgan fingerprint density at radius 3 is 2.67 bits per heavy atom. The molecular weight excluding hydrogens is 254 g/mol. The summed E-state index contributed by atoms with van der Waals surface area (Å²) in [5, 5.41) is 0. The molecule has 3 heteroatoms. The van der Waals surface area contributed by atoms with Crippen LogP contribution in [0.15, 0.2) is 22.7 Å². The van der Waals surface area contributed by atoms with Crippen LogP contribution in [0.5, 0.6) is 5.75 Å². The van der Waals surface area contributed by atoms with E-state index in [0.29, 0.717) is 6.54 Å². The molecule has 15 heavy (non-hydrogen) atoms. The zero-order chi connectivity index (χ0) is 10.9. The van der Waals surface area contributed by atoms with Gasteiger partial charge in [-0.15, -0.1) is 0 Å². The van der Waals surface area contributed by atoms with Crippen molar-refractivity contribution in [1.82, 2.24) is 0 Å². The Kier molecular flexibility index (Phi) is 3.03. The zero-order valence-electron chi connectivity index (χ0n) is 8.92. The third-order valence-corrected chi connectivity index (χ3v) is 3.93. The van der Waals surface area contributed by atoms with Crippen molar-refractivity contribution in [2.45, 2.75) is 24.7 Å². The van der Waals surface area contributed by atoms with E-state index in [9.17, 15) is 0 Å². The lowest BCUT2D eigenvalue weighted by Crippen LogP contribution is -2.41. The van der Waals surface area contributed by atoms with Gasteiger partial charge in [0.2, 0.25) is 0 Å². The van der Waals surface area contributed by atoms with Gasteiger partial charge < -0.3 is 10.5 Å². The van der Waals surface area contributed by atoms with Crippen molar-refractivity contribution < 1.29 is 4.74 Å². The maximum absolute atomic E-state index is 5.90. The highest BCUT2D eigenvalue weighted by Crippen LogP contribution is 2.46. The normalized spacial score (nSPS) is 18.3. The molecular formula is C12H16BrNO. The molecule has 0 amide bonds. The molecule has 1 aromatic carbocycles. The second-order valence-electron chi connectivity index (χ2n) is 4.18. The Morgan fingerprint density at radius 1 is 1.47 bits per heavy atom. The minimum absolute atomic E-state index is 0.162. The number of hydrogen-bond acceptors (Lipinski definition) is 2. The summed E-state index contributed by atoms with van der Waals surface area (Å²) < 4.78 is 6.50. The van der Waals surface area contributed by atoms with Gasteiger partial charge in [0.15, 0.2) is 0 Å². The minimum atomic E-state index is 0.162. The van der Waals surface area contributed by atoms with E-state index in [0.717, 1.165) is 10.2 Å². The highest BCUT2D eigenvalue weighted by molar-refractivity contribution is 9.10. The summed E-state index contributed by atoms with van der Waals surface area (Å²) in [5.74, 6) is 0.961. The van der Waals surface area contributed by atoms with E-state index in [1.807, 2.05) is 12.1 Å². The van der Waals surface area contributed by atoms with Crippen molar-refractivity contribution in [2.75, 3.05) is 13.7 Å². The molecule has 82 valence electrons. The summed E-state index contributed by atoms with van der Waals surface area (Å²) in [7, 11) is 1.72. The highest BCUT2D eigenvalue weighted by Gasteiger charge is 2.39. The average molecular weight is 270 g/mol. The molecule has 0 atom stereocenters. The van der Waals surface area contributed by atoms with Gasteiger partial charge in [-0.2, -0.15) is 0 Å². The lowest BCUT2D eigenvalue weighted by Gasteiger charge is -2.42. The summed E-state index contributed by atoms with van der Waals surface area (Å²) in [6, 6.07) is 6.16. The maximum atomic E-state index is 5.90. The van der Waals surface area contributed by atoms with Crippen LogP contribution in [-0.2, 0) is 5.41 Å². The smallest absolute Gasteiger partial charge is 0.122 e. The maximum Gasteiger partial charge on any atom is 0.122 e. The molecule has 1 aliphatic carbocycles. The van der Waals surface area contributed by atoms with Gasteiger partial charge in [0.1, 0.15) is 5.75 Å². The third-order valence-electron chi connectivity index (χ3n) is 3.43. The molecule has 0 aliphatic heterocycles. The molecule has 1 aliphatic rings. The molecule has 2 nitrogen and oxygen atoms in total. The molecule has 1 saturated carbocycles. The van der Waals surface area contributed by atoms with E-state index in [-0.39, 0.29) is 5.41 Å². The summed E-state index contributed by atoms with van der Waals surface area (Å²) >= 11 is 3.50. The number of hydrogen-bond donors (Lipinski definition) is 1. The minimum Gasteiger partial charge on any atom is -0.496 e. The van der Waals surface area contributed by atoms with Gasteiger partial charge >= 0.3 is 0 Å². The summed E-state index contributed by atoms with van der Waals surface area (Å²) in [5.41, 5.74) is 7.32. The molecule has 0 radical (unpaired) electrons. The predicted molar refractivity (Wildman–Crippen MR) is 65.3 cm³/mol. The van der Waals surface area contributed by atoms with Gasteiger partial charge in [-0.25, -0.2) is 0 Å². The van der Waals surface area contributed by atoms with Crippen LogP contribution in [-0.4, -0.2) is 13.7 Å². The van der Waals surface area contributed by atoms with Crippen LogP contribution in [0.2, 0.25) is 0 Å². The van der Waals surface area contributed by atoms with Crippen LogP contribution < -0.4 is 10.5 Å². The van der Waals surface area contributed by atoms with Crippen molar-refractivity contribution in [3.8, 4) is 5.75 Å². The third kappa shape index (κ3) is 1.79. The topological polar surface area (TPSA) is 35.2 Å². The lowest BCUT2D eigenvalue weighted by atomic mass is 9.64. The van der Waals surface area contributed by atoms with Crippen molar-refractivity contribution in [1.29, 1.82) is 0 Å². The van der Waals surface area contributed by atoms with E-state index in [2.05, 4.69) is 22.0 Å². The number of methoxy groups -OCH3 is 1. The van der Waals surface area contributed by atoms with E-state index in [4.69, 9.17) is 10.5 Å². The Balaban J connectivity index is 2.44. The van der Waals surface area contributed by atoms with Crippen LogP contribution >= 0.6 is 15.9 Å². The molecule has 1 aromatic rings. The SMILES string of the molecule is COc1ccc(Br)cc1C1(CN)CCC1. The second kappa shape index (κ2) is 4.14. The van der Waals surface area contributed by atoms with Gasteiger partial charge in [0, 0.05) is 22.0 Å². The Hall–Kier alpha value is -0.540. The van der Waals surface area contributed by atoms with Gasteiger partial charge in [-0.1, -0.05) is 22.4 Å². The molecule has 1 fully saturated rings. The Morgan fingerprint density at radius 2 is 2.20 bits per heavy atom. The van der Waals surface area contributed by atoms with E-state index in [1.54, 1.807) is 7.11 Å². The monoisotopic (exact) mass is 269 g/mol. The number of benzene rings is 1. The first-order valence-corrected chi connectivity index (χ1v) is 6.05. The number of rotatable bonds is 3. The molecule has 0 aromatic heterocycles. The molecule has 0 spiro atoms. The van der Waals surface area contributed by atoms with Crippen LogP contribution in [0, 0.1) is 0 Å². The first-order chi connectivity index (χ1) is 7.22.